The van der Waals surface area contributed by atoms with Crippen LogP contribution in [0, 0.1) is 11.3 Å². The number of rotatable bonds is 4. The van der Waals surface area contributed by atoms with Crippen LogP contribution in [-0.2, 0) is 0 Å². The van der Waals surface area contributed by atoms with E-state index in [1.54, 1.807) is 0 Å². The highest BCUT2D eigenvalue weighted by Crippen LogP contribution is 2.22. The fourth-order valence-corrected chi connectivity index (χ4v) is 2.11. The van der Waals surface area contributed by atoms with Crippen molar-refractivity contribution in [1.82, 2.24) is 5.32 Å². The molecule has 0 saturated carbocycles. The molecule has 0 aliphatic heterocycles. The first-order valence-electron chi connectivity index (χ1n) is 6.69. The highest BCUT2D eigenvalue weighted by Gasteiger charge is 2.11. The Kier molecular flexibility index (Phi) is 4.56. The van der Waals surface area contributed by atoms with Gasteiger partial charge in [0.15, 0.2) is 0 Å². The van der Waals surface area contributed by atoms with Gasteiger partial charge in [0, 0.05) is 5.39 Å². The Hall–Kier alpha value is -2.54. The number of nitriles is 1. The molecule has 0 spiro atoms. The van der Waals surface area contributed by atoms with Gasteiger partial charge >= 0.3 is 6.03 Å². The van der Waals surface area contributed by atoms with Gasteiger partial charge in [-0.25, -0.2) is 4.79 Å². The van der Waals surface area contributed by atoms with E-state index in [1.165, 1.54) is 0 Å². The van der Waals surface area contributed by atoms with Crippen LogP contribution in [0.25, 0.3) is 10.8 Å². The molecule has 0 heterocycles. The van der Waals surface area contributed by atoms with E-state index in [-0.39, 0.29) is 6.03 Å². The molecule has 0 bridgehead atoms. The van der Waals surface area contributed by atoms with Crippen molar-refractivity contribution < 1.29 is 4.79 Å². The second-order valence-corrected chi connectivity index (χ2v) is 4.60. The minimum absolute atomic E-state index is 0.346. The standard InChI is InChI=1S/C16H17N3O/c1-2-6-13(11-17)18-16(20)19-15-10-5-8-12-7-3-4-9-14(12)15/h3-5,7-10,13H,2,6H2,1H3,(H2,18,19,20). The SMILES string of the molecule is CCCC(C#N)NC(=O)Nc1cccc2ccccc12. The minimum Gasteiger partial charge on any atom is -0.322 e. The number of fused-ring (bicyclic) bond motifs is 1. The highest BCUT2D eigenvalue weighted by molar-refractivity contribution is 6.01. The molecule has 0 aliphatic rings. The van der Waals surface area contributed by atoms with Crippen LogP contribution in [0.2, 0.25) is 0 Å². The van der Waals surface area contributed by atoms with Gasteiger partial charge < -0.3 is 10.6 Å². The average Bonchev–Trinajstić information content (AvgIpc) is 2.47. The van der Waals surface area contributed by atoms with Crippen LogP contribution >= 0.6 is 0 Å². The fraction of sp³-hybridized carbons (Fsp3) is 0.250. The summed E-state index contributed by atoms with van der Waals surface area (Å²) in [7, 11) is 0. The smallest absolute Gasteiger partial charge is 0.320 e. The number of nitrogens with zero attached hydrogens (tertiary/aromatic N) is 1. The number of anilines is 1. The molecule has 0 aromatic heterocycles. The third kappa shape index (κ3) is 3.27. The summed E-state index contributed by atoms with van der Waals surface area (Å²) in [5.41, 5.74) is 0.744. The lowest BCUT2D eigenvalue weighted by Crippen LogP contribution is -2.37. The quantitative estimate of drug-likeness (QED) is 0.888. The number of hydrogen-bond donors (Lipinski definition) is 2. The first-order valence-corrected chi connectivity index (χ1v) is 6.69. The van der Waals surface area contributed by atoms with E-state index in [4.69, 9.17) is 5.26 Å². The molecule has 1 atom stereocenters. The van der Waals surface area contributed by atoms with E-state index in [2.05, 4.69) is 16.7 Å². The summed E-state index contributed by atoms with van der Waals surface area (Å²) in [5, 5.41) is 16.5. The van der Waals surface area contributed by atoms with E-state index >= 15 is 0 Å². The van der Waals surface area contributed by atoms with Crippen LogP contribution in [0.15, 0.2) is 42.5 Å². The number of benzene rings is 2. The summed E-state index contributed by atoms with van der Waals surface area (Å²) in [6.07, 6.45) is 1.51. The number of amides is 2. The van der Waals surface area contributed by atoms with Crippen molar-refractivity contribution in [3.8, 4) is 6.07 Å². The summed E-state index contributed by atoms with van der Waals surface area (Å²) in [6, 6.07) is 14.9. The van der Waals surface area contributed by atoms with Crippen molar-refractivity contribution in [3.63, 3.8) is 0 Å². The number of urea groups is 1. The van der Waals surface area contributed by atoms with Gasteiger partial charge in [0.1, 0.15) is 6.04 Å². The molecule has 102 valence electrons. The van der Waals surface area contributed by atoms with E-state index < -0.39 is 6.04 Å². The van der Waals surface area contributed by atoms with Crippen LogP contribution in [0.5, 0.6) is 0 Å². The molecule has 1 unspecified atom stereocenters. The highest BCUT2D eigenvalue weighted by atomic mass is 16.2. The number of nitrogens with one attached hydrogen (secondary N) is 2. The third-order valence-corrected chi connectivity index (χ3v) is 3.08. The number of hydrogen-bond acceptors (Lipinski definition) is 2. The summed E-state index contributed by atoms with van der Waals surface area (Å²) < 4.78 is 0. The number of carbonyl (C=O) groups excluding carboxylic acids is 1. The van der Waals surface area contributed by atoms with Crippen molar-refractivity contribution in [2.45, 2.75) is 25.8 Å². The molecule has 4 nitrogen and oxygen atoms in total. The lowest BCUT2D eigenvalue weighted by atomic mass is 10.1. The second kappa shape index (κ2) is 6.58. The molecular formula is C16H17N3O. The second-order valence-electron chi connectivity index (χ2n) is 4.60. The zero-order valence-electron chi connectivity index (χ0n) is 11.4. The Morgan fingerprint density at radius 2 is 2.00 bits per heavy atom. The van der Waals surface area contributed by atoms with Gasteiger partial charge in [0.2, 0.25) is 0 Å². The Bertz CT molecular complexity index is 640. The van der Waals surface area contributed by atoms with Crippen LogP contribution in [0.3, 0.4) is 0 Å². The third-order valence-electron chi connectivity index (χ3n) is 3.08. The molecule has 2 amide bonds. The molecule has 4 heteroatoms. The first kappa shape index (κ1) is 13.9. The number of carbonyl (C=O) groups is 1. The van der Waals surface area contributed by atoms with E-state index in [1.807, 2.05) is 49.4 Å². The normalized spacial score (nSPS) is 11.6. The molecule has 2 N–H and O–H groups in total. The van der Waals surface area contributed by atoms with Gasteiger partial charge in [-0.2, -0.15) is 5.26 Å². The average molecular weight is 267 g/mol. The Morgan fingerprint density at radius 1 is 1.25 bits per heavy atom. The lowest BCUT2D eigenvalue weighted by molar-refractivity contribution is 0.250. The van der Waals surface area contributed by atoms with Crippen LogP contribution in [0.1, 0.15) is 19.8 Å². The zero-order chi connectivity index (χ0) is 14.4. The molecule has 0 aliphatic carbocycles. The van der Waals surface area contributed by atoms with Gasteiger partial charge in [0.25, 0.3) is 0 Å². The molecule has 0 radical (unpaired) electrons. The largest absolute Gasteiger partial charge is 0.322 e. The van der Waals surface area contributed by atoms with Crippen LogP contribution in [0.4, 0.5) is 10.5 Å². The van der Waals surface area contributed by atoms with E-state index in [0.717, 1.165) is 22.9 Å². The van der Waals surface area contributed by atoms with E-state index in [0.29, 0.717) is 6.42 Å². The van der Waals surface area contributed by atoms with Crippen molar-refractivity contribution in [2.75, 3.05) is 5.32 Å². The predicted molar refractivity (Wildman–Crippen MR) is 80.4 cm³/mol. The first-order chi connectivity index (χ1) is 9.74. The molecule has 0 fully saturated rings. The van der Waals surface area contributed by atoms with Gasteiger partial charge in [-0.3, -0.25) is 0 Å². The summed E-state index contributed by atoms with van der Waals surface area (Å²) >= 11 is 0. The van der Waals surface area contributed by atoms with Crippen LogP contribution in [-0.4, -0.2) is 12.1 Å². The molecule has 2 aromatic rings. The lowest BCUT2D eigenvalue weighted by Gasteiger charge is -2.13. The Morgan fingerprint density at radius 3 is 2.75 bits per heavy atom. The van der Waals surface area contributed by atoms with Gasteiger partial charge in [-0.05, 0) is 17.9 Å². The maximum Gasteiger partial charge on any atom is 0.320 e. The predicted octanol–water partition coefficient (Wildman–Crippen LogP) is 3.65. The van der Waals surface area contributed by atoms with Gasteiger partial charge in [-0.15, -0.1) is 0 Å². The maximum atomic E-state index is 11.9. The summed E-state index contributed by atoms with van der Waals surface area (Å²) in [5.74, 6) is 0. The molecular weight excluding hydrogens is 250 g/mol. The van der Waals surface area contributed by atoms with Crippen LogP contribution < -0.4 is 10.6 Å². The Balaban J connectivity index is 2.12. The molecule has 2 aromatic carbocycles. The molecule has 2 rings (SSSR count). The monoisotopic (exact) mass is 267 g/mol. The van der Waals surface area contributed by atoms with Gasteiger partial charge in [0.05, 0.1) is 11.8 Å². The van der Waals surface area contributed by atoms with Crippen molar-refractivity contribution in [1.29, 1.82) is 5.26 Å². The topological polar surface area (TPSA) is 64.9 Å². The van der Waals surface area contributed by atoms with Gasteiger partial charge in [-0.1, -0.05) is 49.7 Å². The van der Waals surface area contributed by atoms with Crippen molar-refractivity contribution >= 4 is 22.5 Å². The summed E-state index contributed by atoms with van der Waals surface area (Å²) in [4.78, 5) is 11.9. The molecule has 20 heavy (non-hydrogen) atoms. The zero-order valence-corrected chi connectivity index (χ0v) is 11.4. The van der Waals surface area contributed by atoms with E-state index in [9.17, 15) is 4.79 Å². The molecule has 0 saturated heterocycles. The van der Waals surface area contributed by atoms with Crippen molar-refractivity contribution in [2.24, 2.45) is 0 Å². The Labute approximate surface area is 118 Å². The van der Waals surface area contributed by atoms with Crippen molar-refractivity contribution in [3.05, 3.63) is 42.5 Å². The minimum atomic E-state index is -0.449. The fourth-order valence-electron chi connectivity index (χ4n) is 2.11. The maximum absolute atomic E-state index is 11.9. The summed E-state index contributed by atoms with van der Waals surface area (Å²) in [6.45, 7) is 1.98.